The van der Waals surface area contributed by atoms with Crippen LogP contribution in [0.1, 0.15) is 19.8 Å². The fourth-order valence-corrected chi connectivity index (χ4v) is 1.34. The van der Waals surface area contributed by atoms with Gasteiger partial charge < -0.3 is 5.11 Å². The number of hydrogen-bond acceptors (Lipinski definition) is 1. The summed E-state index contributed by atoms with van der Waals surface area (Å²) >= 11 is 9.46. The van der Waals surface area contributed by atoms with Gasteiger partial charge in [-0.2, -0.15) is 0 Å². The van der Waals surface area contributed by atoms with Gasteiger partial charge in [0.15, 0.2) is 3.42 Å². The second kappa shape index (κ2) is 4.31. The summed E-state index contributed by atoms with van der Waals surface area (Å²) in [5.41, 5.74) is 0. The van der Waals surface area contributed by atoms with Crippen molar-refractivity contribution in [3.8, 4) is 0 Å². The van der Waals surface area contributed by atoms with E-state index >= 15 is 0 Å². The van der Waals surface area contributed by atoms with Crippen LogP contribution in [0.4, 0.5) is 0 Å². The number of halogens is 3. The van der Waals surface area contributed by atoms with Crippen LogP contribution in [0.3, 0.4) is 0 Å². The Labute approximate surface area is 80.6 Å². The van der Waals surface area contributed by atoms with E-state index in [9.17, 15) is 5.11 Å². The summed E-state index contributed by atoms with van der Waals surface area (Å²) in [6.07, 6.45) is 1.99. The molecule has 0 aromatic rings. The van der Waals surface area contributed by atoms with Crippen LogP contribution in [-0.4, -0.2) is 13.4 Å². The van der Waals surface area contributed by atoms with Gasteiger partial charge in [-0.15, -0.1) is 0 Å². The summed E-state index contributed by atoms with van der Waals surface area (Å²) in [5.74, 6) is 0. The summed E-state index contributed by atoms with van der Waals surface area (Å²) in [6.45, 7) is 2.07. The Morgan fingerprint density at radius 1 is 1.56 bits per heavy atom. The molecule has 0 aliphatic carbocycles. The van der Waals surface area contributed by atoms with Gasteiger partial charge in [0, 0.05) is 0 Å². The van der Waals surface area contributed by atoms with E-state index in [1.807, 2.05) is 0 Å². The van der Waals surface area contributed by atoms with Gasteiger partial charge in [-0.25, -0.2) is 0 Å². The molecule has 1 nitrogen and oxygen atoms in total. The Balaban J connectivity index is 3.59. The van der Waals surface area contributed by atoms with E-state index in [1.54, 1.807) is 0 Å². The summed E-state index contributed by atoms with van der Waals surface area (Å²) in [4.78, 5) is 0.0648. The molecule has 9 heavy (non-hydrogen) atoms. The molecule has 56 valence electrons. The van der Waals surface area contributed by atoms with Crippen LogP contribution in [0.15, 0.2) is 0 Å². The molecule has 4 heteroatoms. The van der Waals surface area contributed by atoms with Gasteiger partial charge in [-0.3, -0.25) is 0 Å². The van der Waals surface area contributed by atoms with Crippen molar-refractivity contribution in [2.24, 2.45) is 0 Å². The zero-order chi connectivity index (χ0) is 7.49. The predicted octanol–water partition coefficient (Wildman–Crippen LogP) is 2.99. The van der Waals surface area contributed by atoms with E-state index < -0.39 is 3.42 Å². The van der Waals surface area contributed by atoms with Crippen LogP contribution in [0.5, 0.6) is 0 Å². The van der Waals surface area contributed by atoms with E-state index in [0.29, 0.717) is 0 Å². The van der Waals surface area contributed by atoms with E-state index in [-0.39, 0.29) is 4.83 Å². The minimum absolute atomic E-state index is 0.0648. The highest BCUT2D eigenvalue weighted by Crippen LogP contribution is 2.33. The molecule has 0 aliphatic heterocycles. The van der Waals surface area contributed by atoms with Crippen molar-refractivity contribution in [3.05, 3.63) is 0 Å². The van der Waals surface area contributed by atoms with Crippen LogP contribution >= 0.6 is 47.8 Å². The highest BCUT2D eigenvalue weighted by molar-refractivity contribution is 9.26. The maximum atomic E-state index is 9.20. The minimum atomic E-state index is -0.948. The number of alkyl halides is 3. The summed E-state index contributed by atoms with van der Waals surface area (Å²) in [7, 11) is 0. The smallest absolute Gasteiger partial charge is 0.187 e. The Morgan fingerprint density at radius 2 is 2.00 bits per heavy atom. The highest BCUT2D eigenvalue weighted by atomic mass is 79.9. The predicted molar refractivity (Wildman–Crippen MR) is 50.4 cm³/mol. The molecule has 0 amide bonds. The average Bonchev–Trinajstić information content (AvgIpc) is 1.64. The van der Waals surface area contributed by atoms with Crippen LogP contribution < -0.4 is 0 Å². The van der Waals surface area contributed by atoms with Gasteiger partial charge in [0.05, 0.1) is 4.83 Å². The normalized spacial score (nSPS) is 15.7. The van der Waals surface area contributed by atoms with Gasteiger partial charge in [-0.1, -0.05) is 29.3 Å². The Bertz CT molecular complexity index is 78.8. The fourth-order valence-electron chi connectivity index (χ4n) is 0.427. The number of hydrogen-bond donors (Lipinski definition) is 1. The van der Waals surface area contributed by atoms with Crippen molar-refractivity contribution in [1.82, 2.24) is 0 Å². The summed E-state index contributed by atoms with van der Waals surface area (Å²) in [6, 6.07) is 0. The fraction of sp³-hybridized carbons (Fsp3) is 1.00. The lowest BCUT2D eigenvalue weighted by Crippen LogP contribution is -2.23. The SMILES string of the molecule is CCCC(Br)C(O)(Br)Br. The van der Waals surface area contributed by atoms with Gasteiger partial charge >= 0.3 is 0 Å². The molecular weight excluding hydrogens is 316 g/mol. The Morgan fingerprint density at radius 3 is 2.11 bits per heavy atom. The molecule has 0 aromatic carbocycles. The topological polar surface area (TPSA) is 20.2 Å². The first-order valence-corrected chi connectivity index (χ1v) is 5.23. The van der Waals surface area contributed by atoms with Gasteiger partial charge in [0.25, 0.3) is 0 Å². The zero-order valence-corrected chi connectivity index (χ0v) is 9.83. The van der Waals surface area contributed by atoms with E-state index in [0.717, 1.165) is 12.8 Å². The van der Waals surface area contributed by atoms with Crippen LogP contribution in [0.2, 0.25) is 0 Å². The average molecular weight is 325 g/mol. The minimum Gasteiger partial charge on any atom is -0.368 e. The van der Waals surface area contributed by atoms with E-state index in [1.165, 1.54) is 0 Å². The molecule has 1 atom stereocenters. The monoisotopic (exact) mass is 322 g/mol. The molecular formula is C5H9Br3O. The first-order valence-electron chi connectivity index (χ1n) is 2.72. The molecule has 0 heterocycles. The third-order valence-corrected chi connectivity index (χ3v) is 4.37. The molecule has 0 radical (unpaired) electrons. The quantitative estimate of drug-likeness (QED) is 0.791. The van der Waals surface area contributed by atoms with Gasteiger partial charge in [-0.05, 0) is 38.3 Å². The highest BCUT2D eigenvalue weighted by Gasteiger charge is 2.27. The number of aliphatic hydroxyl groups is 1. The molecule has 0 rings (SSSR count). The molecule has 0 saturated heterocycles. The molecule has 0 fully saturated rings. The molecule has 1 N–H and O–H groups in total. The Kier molecular flexibility index (Phi) is 4.98. The second-order valence-corrected chi connectivity index (χ2v) is 6.43. The number of rotatable bonds is 3. The van der Waals surface area contributed by atoms with Crippen LogP contribution in [0.25, 0.3) is 0 Å². The van der Waals surface area contributed by atoms with Crippen molar-refractivity contribution < 1.29 is 5.11 Å². The second-order valence-electron chi connectivity index (χ2n) is 1.84. The van der Waals surface area contributed by atoms with Crippen molar-refractivity contribution >= 4 is 47.8 Å². The lowest BCUT2D eigenvalue weighted by Gasteiger charge is -2.18. The van der Waals surface area contributed by atoms with E-state index in [4.69, 9.17) is 0 Å². The Hall–Kier alpha value is 1.40. The van der Waals surface area contributed by atoms with Crippen LogP contribution in [0, 0.1) is 0 Å². The maximum absolute atomic E-state index is 9.20. The van der Waals surface area contributed by atoms with Crippen molar-refractivity contribution in [2.45, 2.75) is 28.0 Å². The van der Waals surface area contributed by atoms with Crippen molar-refractivity contribution in [2.75, 3.05) is 0 Å². The lowest BCUT2D eigenvalue weighted by molar-refractivity contribution is 0.238. The molecule has 1 unspecified atom stereocenters. The molecule has 0 aromatic heterocycles. The van der Waals surface area contributed by atoms with Gasteiger partial charge in [0.2, 0.25) is 0 Å². The summed E-state index contributed by atoms with van der Waals surface area (Å²) < 4.78 is -0.948. The van der Waals surface area contributed by atoms with E-state index in [2.05, 4.69) is 54.7 Å². The van der Waals surface area contributed by atoms with Crippen LogP contribution in [-0.2, 0) is 0 Å². The van der Waals surface area contributed by atoms with Crippen molar-refractivity contribution in [3.63, 3.8) is 0 Å². The first-order chi connectivity index (χ1) is 3.98. The largest absolute Gasteiger partial charge is 0.368 e. The molecule has 0 aliphatic rings. The standard InChI is InChI=1S/C5H9Br3O/c1-2-3-4(6)5(7,8)9/h4,9H,2-3H2,1H3. The molecule has 0 spiro atoms. The lowest BCUT2D eigenvalue weighted by atomic mass is 10.3. The first kappa shape index (κ1) is 10.4. The molecule has 0 bridgehead atoms. The zero-order valence-electron chi connectivity index (χ0n) is 5.07. The third-order valence-electron chi connectivity index (χ3n) is 0.919. The molecule has 0 saturated carbocycles. The summed E-state index contributed by atoms with van der Waals surface area (Å²) in [5, 5.41) is 9.20. The third kappa shape index (κ3) is 4.76. The maximum Gasteiger partial charge on any atom is 0.187 e. The van der Waals surface area contributed by atoms with Gasteiger partial charge in [0.1, 0.15) is 0 Å². The van der Waals surface area contributed by atoms with Crippen molar-refractivity contribution in [1.29, 1.82) is 0 Å².